The minimum absolute atomic E-state index is 0.0465. The van der Waals surface area contributed by atoms with Crippen LogP contribution >= 0.6 is 11.6 Å². The molecular weight excluding hydrogens is 275 g/mol. The topological polar surface area (TPSA) is 17.8 Å². The summed E-state index contributed by atoms with van der Waals surface area (Å²) in [7, 11) is 0. The van der Waals surface area contributed by atoms with Gasteiger partial charge in [0.15, 0.2) is 0 Å². The third-order valence-electron chi connectivity index (χ3n) is 3.79. The second-order valence-corrected chi connectivity index (χ2v) is 6.33. The van der Waals surface area contributed by atoms with E-state index in [0.29, 0.717) is 17.9 Å². The van der Waals surface area contributed by atoms with Crippen molar-refractivity contribution < 1.29 is 4.39 Å². The Morgan fingerprint density at radius 1 is 1.35 bits per heavy atom. The summed E-state index contributed by atoms with van der Waals surface area (Å²) in [6, 6.07) is 3.42. The molecule has 0 amide bonds. The number of hydrogen-bond donors (Lipinski definition) is 0. The number of nitrogens with zero attached hydrogens (tertiary/aromatic N) is 2. The Labute approximate surface area is 125 Å². The summed E-state index contributed by atoms with van der Waals surface area (Å²) in [6.45, 7) is 8.37. The SMILES string of the molecule is CCCC(C)(C)n1c(CCCl)nc2cc(F)c(C)cc21. The number of imidazole rings is 1. The number of benzene rings is 1. The van der Waals surface area contributed by atoms with Crippen molar-refractivity contribution in [2.24, 2.45) is 0 Å². The zero-order valence-electron chi connectivity index (χ0n) is 12.6. The first-order valence-electron chi connectivity index (χ1n) is 7.14. The van der Waals surface area contributed by atoms with Gasteiger partial charge in [-0.3, -0.25) is 0 Å². The Bertz CT molecular complexity index is 616. The molecule has 0 aliphatic heterocycles. The molecule has 0 spiro atoms. The van der Waals surface area contributed by atoms with Crippen molar-refractivity contribution >= 4 is 22.6 Å². The van der Waals surface area contributed by atoms with Crippen LogP contribution in [0.15, 0.2) is 12.1 Å². The Kier molecular flexibility index (Phi) is 4.38. The van der Waals surface area contributed by atoms with Gasteiger partial charge in [-0.2, -0.15) is 0 Å². The van der Waals surface area contributed by atoms with Crippen molar-refractivity contribution in [3.05, 3.63) is 29.3 Å². The smallest absolute Gasteiger partial charge is 0.128 e. The minimum Gasteiger partial charge on any atom is -0.322 e. The first kappa shape index (κ1) is 15.3. The number of halogens is 2. The van der Waals surface area contributed by atoms with E-state index in [4.69, 9.17) is 11.6 Å². The highest BCUT2D eigenvalue weighted by Crippen LogP contribution is 2.30. The molecule has 20 heavy (non-hydrogen) atoms. The molecule has 0 saturated heterocycles. The molecule has 1 aromatic heterocycles. The quantitative estimate of drug-likeness (QED) is 0.725. The maximum absolute atomic E-state index is 13.7. The van der Waals surface area contributed by atoms with Crippen molar-refractivity contribution in [1.29, 1.82) is 0 Å². The number of aromatic nitrogens is 2. The molecule has 0 aliphatic rings. The average molecular weight is 297 g/mol. The fourth-order valence-corrected chi connectivity index (χ4v) is 3.07. The van der Waals surface area contributed by atoms with Gasteiger partial charge < -0.3 is 4.57 Å². The molecule has 0 unspecified atom stereocenters. The fraction of sp³-hybridized carbons (Fsp3) is 0.562. The second-order valence-electron chi connectivity index (χ2n) is 5.95. The molecule has 2 rings (SSSR count). The molecule has 0 aliphatic carbocycles. The predicted octanol–water partition coefficient (Wildman–Crippen LogP) is 4.80. The molecule has 4 heteroatoms. The van der Waals surface area contributed by atoms with E-state index in [-0.39, 0.29) is 11.4 Å². The van der Waals surface area contributed by atoms with Gasteiger partial charge in [-0.1, -0.05) is 13.3 Å². The molecule has 0 fully saturated rings. The molecule has 1 heterocycles. The van der Waals surface area contributed by atoms with E-state index in [1.165, 1.54) is 6.07 Å². The van der Waals surface area contributed by atoms with Crippen molar-refractivity contribution in [2.45, 2.75) is 52.5 Å². The Morgan fingerprint density at radius 3 is 2.65 bits per heavy atom. The van der Waals surface area contributed by atoms with Gasteiger partial charge in [-0.05, 0) is 38.8 Å². The Morgan fingerprint density at radius 2 is 2.05 bits per heavy atom. The van der Waals surface area contributed by atoms with Crippen molar-refractivity contribution in [2.75, 3.05) is 5.88 Å². The summed E-state index contributed by atoms with van der Waals surface area (Å²) in [4.78, 5) is 4.59. The molecule has 0 bridgehead atoms. The zero-order chi connectivity index (χ0) is 14.9. The van der Waals surface area contributed by atoms with E-state index in [2.05, 4.69) is 30.3 Å². The summed E-state index contributed by atoms with van der Waals surface area (Å²) < 4.78 is 16.0. The normalized spacial score (nSPS) is 12.3. The van der Waals surface area contributed by atoms with Crippen LogP contribution in [-0.4, -0.2) is 15.4 Å². The van der Waals surface area contributed by atoms with Crippen LogP contribution in [0.1, 0.15) is 45.0 Å². The molecule has 2 nitrogen and oxygen atoms in total. The first-order chi connectivity index (χ1) is 9.40. The van der Waals surface area contributed by atoms with Crippen LogP contribution in [0, 0.1) is 12.7 Å². The van der Waals surface area contributed by atoms with Gasteiger partial charge in [0, 0.05) is 23.9 Å². The lowest BCUT2D eigenvalue weighted by atomic mass is 9.97. The van der Waals surface area contributed by atoms with Gasteiger partial charge in [0.2, 0.25) is 0 Å². The Balaban J connectivity index is 2.70. The minimum atomic E-state index is -0.201. The Hall–Kier alpha value is -1.09. The summed E-state index contributed by atoms with van der Waals surface area (Å²) in [5.74, 6) is 1.26. The third-order valence-corrected chi connectivity index (χ3v) is 3.98. The molecule has 0 N–H and O–H groups in total. The van der Waals surface area contributed by atoms with Gasteiger partial charge in [0.05, 0.1) is 11.0 Å². The van der Waals surface area contributed by atoms with Crippen molar-refractivity contribution in [3.63, 3.8) is 0 Å². The lowest BCUT2D eigenvalue weighted by molar-refractivity contribution is 0.324. The summed E-state index contributed by atoms with van der Waals surface area (Å²) in [6.07, 6.45) is 2.83. The number of fused-ring (bicyclic) bond motifs is 1. The van der Waals surface area contributed by atoms with E-state index in [1.807, 2.05) is 6.07 Å². The van der Waals surface area contributed by atoms with E-state index in [1.54, 1.807) is 6.92 Å². The largest absolute Gasteiger partial charge is 0.322 e. The van der Waals surface area contributed by atoms with Crippen LogP contribution in [0.2, 0.25) is 0 Å². The first-order valence-corrected chi connectivity index (χ1v) is 7.68. The van der Waals surface area contributed by atoms with Gasteiger partial charge in [0.1, 0.15) is 11.6 Å². The van der Waals surface area contributed by atoms with Crippen molar-refractivity contribution in [3.8, 4) is 0 Å². The third kappa shape index (κ3) is 2.69. The van der Waals surface area contributed by atoms with Crippen LogP contribution < -0.4 is 0 Å². The lowest BCUT2D eigenvalue weighted by Crippen LogP contribution is -2.28. The number of alkyl halides is 1. The second kappa shape index (κ2) is 5.72. The van der Waals surface area contributed by atoms with E-state index in [0.717, 1.165) is 29.7 Å². The molecule has 0 atom stereocenters. The van der Waals surface area contributed by atoms with Gasteiger partial charge in [0.25, 0.3) is 0 Å². The van der Waals surface area contributed by atoms with Crippen molar-refractivity contribution in [1.82, 2.24) is 9.55 Å². The number of hydrogen-bond acceptors (Lipinski definition) is 1. The van der Waals surface area contributed by atoms with Crippen LogP contribution in [-0.2, 0) is 12.0 Å². The van der Waals surface area contributed by atoms with E-state index < -0.39 is 0 Å². The summed E-state index contributed by atoms with van der Waals surface area (Å²) in [5, 5.41) is 0. The monoisotopic (exact) mass is 296 g/mol. The van der Waals surface area contributed by atoms with Crippen LogP contribution in [0.5, 0.6) is 0 Å². The highest BCUT2D eigenvalue weighted by molar-refractivity contribution is 6.17. The fourth-order valence-electron chi connectivity index (χ4n) is 2.90. The van der Waals surface area contributed by atoms with E-state index in [9.17, 15) is 4.39 Å². The predicted molar refractivity (Wildman–Crippen MR) is 83.1 cm³/mol. The summed E-state index contributed by atoms with van der Waals surface area (Å²) >= 11 is 5.90. The van der Waals surface area contributed by atoms with Crippen LogP contribution in [0.25, 0.3) is 11.0 Å². The molecule has 0 radical (unpaired) electrons. The number of rotatable bonds is 5. The highest BCUT2D eigenvalue weighted by Gasteiger charge is 2.25. The zero-order valence-corrected chi connectivity index (χ0v) is 13.4. The molecule has 110 valence electrons. The average Bonchev–Trinajstić information content (AvgIpc) is 2.68. The van der Waals surface area contributed by atoms with Crippen LogP contribution in [0.3, 0.4) is 0 Å². The standard InChI is InChI=1S/C16H22ClFN2/c1-5-7-16(3,4)20-14-9-11(2)12(18)10-13(14)19-15(20)6-8-17/h9-10H,5-8H2,1-4H3. The molecule has 0 saturated carbocycles. The maximum atomic E-state index is 13.7. The molecule has 2 aromatic rings. The molecule has 1 aromatic carbocycles. The van der Waals surface area contributed by atoms with E-state index >= 15 is 0 Å². The van der Waals surface area contributed by atoms with Crippen LogP contribution in [0.4, 0.5) is 4.39 Å². The maximum Gasteiger partial charge on any atom is 0.128 e. The van der Waals surface area contributed by atoms with Gasteiger partial charge in [-0.25, -0.2) is 9.37 Å². The van der Waals surface area contributed by atoms with Gasteiger partial charge >= 0.3 is 0 Å². The highest BCUT2D eigenvalue weighted by atomic mass is 35.5. The molecular formula is C16H22ClFN2. The van der Waals surface area contributed by atoms with Gasteiger partial charge in [-0.15, -0.1) is 11.6 Å². The summed E-state index contributed by atoms with van der Waals surface area (Å²) in [5.41, 5.74) is 2.33. The number of aryl methyl sites for hydroxylation is 2. The lowest BCUT2D eigenvalue weighted by Gasteiger charge is -2.29.